The van der Waals surface area contributed by atoms with Crippen molar-refractivity contribution in [3.05, 3.63) is 0 Å². The first-order valence-corrected chi connectivity index (χ1v) is 6.31. The molecule has 0 aliphatic heterocycles. The van der Waals surface area contributed by atoms with Gasteiger partial charge in [0.25, 0.3) is 0 Å². The first kappa shape index (κ1) is 14.5. The summed E-state index contributed by atoms with van der Waals surface area (Å²) in [6.45, 7) is 7.75. The van der Waals surface area contributed by atoms with E-state index in [0.29, 0.717) is 0 Å². The van der Waals surface area contributed by atoms with Crippen LogP contribution in [0.15, 0.2) is 0 Å². The van der Waals surface area contributed by atoms with Crippen molar-refractivity contribution in [3.8, 4) is 0 Å². The number of carbonyl (C=O) groups is 1. The molecule has 0 aliphatic rings. The number of amides is 1. The molecule has 0 aromatic heterocycles. The number of rotatable bonds is 9. The maximum absolute atomic E-state index is 10.5. The first-order valence-electron chi connectivity index (χ1n) is 6.31. The minimum atomic E-state index is 0.789. The largest absolute Gasteiger partial charge is 0.348 e. The van der Waals surface area contributed by atoms with Gasteiger partial charge in [-0.3, -0.25) is 4.79 Å². The fourth-order valence-electron chi connectivity index (χ4n) is 2.20. The molecule has 0 saturated carbocycles. The van der Waals surface area contributed by atoms with Crippen LogP contribution >= 0.6 is 0 Å². The van der Waals surface area contributed by atoms with Gasteiger partial charge in [-0.05, 0) is 18.3 Å². The zero-order valence-corrected chi connectivity index (χ0v) is 10.8. The third kappa shape index (κ3) is 6.53. The Kier molecular flexibility index (Phi) is 8.44. The molecule has 0 aliphatic carbocycles. The van der Waals surface area contributed by atoms with Crippen molar-refractivity contribution in [1.29, 1.82) is 0 Å². The highest BCUT2D eigenvalue weighted by atomic mass is 16.1. The maximum Gasteiger partial charge on any atom is 0.209 e. The van der Waals surface area contributed by atoms with Crippen molar-refractivity contribution in [2.24, 2.45) is 11.8 Å². The number of carbonyl (C=O) groups excluding carboxylic acids is 1. The smallest absolute Gasteiger partial charge is 0.209 e. The molecule has 0 saturated heterocycles. The maximum atomic E-state index is 10.5. The Hall–Kier alpha value is -0.530. The van der Waals surface area contributed by atoms with Gasteiger partial charge in [0.15, 0.2) is 0 Å². The molecular weight excluding hydrogens is 186 g/mol. The van der Waals surface area contributed by atoms with Crippen LogP contribution in [0.3, 0.4) is 0 Å². The van der Waals surface area contributed by atoms with E-state index in [4.69, 9.17) is 0 Å². The lowest BCUT2D eigenvalue weighted by atomic mass is 9.84. The van der Waals surface area contributed by atoms with Gasteiger partial charge in [0, 0.05) is 13.6 Å². The Morgan fingerprint density at radius 3 is 2.20 bits per heavy atom. The van der Waals surface area contributed by atoms with E-state index in [1.165, 1.54) is 25.7 Å². The van der Waals surface area contributed by atoms with Gasteiger partial charge in [-0.25, -0.2) is 0 Å². The first-order chi connectivity index (χ1) is 7.15. The average Bonchev–Trinajstić information content (AvgIpc) is 2.23. The molecule has 2 unspecified atom stereocenters. The van der Waals surface area contributed by atoms with Gasteiger partial charge in [0.1, 0.15) is 0 Å². The van der Waals surface area contributed by atoms with E-state index < -0.39 is 0 Å². The van der Waals surface area contributed by atoms with Crippen molar-refractivity contribution in [2.45, 2.75) is 52.9 Å². The average molecular weight is 213 g/mol. The van der Waals surface area contributed by atoms with Crippen LogP contribution in [-0.2, 0) is 4.79 Å². The third-order valence-electron chi connectivity index (χ3n) is 3.24. The normalized spacial score (nSPS) is 14.7. The summed E-state index contributed by atoms with van der Waals surface area (Å²) in [5, 5.41) is 0. The Morgan fingerprint density at radius 2 is 1.73 bits per heavy atom. The van der Waals surface area contributed by atoms with Crippen molar-refractivity contribution < 1.29 is 4.79 Å². The van der Waals surface area contributed by atoms with Crippen molar-refractivity contribution in [3.63, 3.8) is 0 Å². The summed E-state index contributed by atoms with van der Waals surface area (Å²) in [6.07, 6.45) is 7.22. The van der Waals surface area contributed by atoms with Gasteiger partial charge >= 0.3 is 0 Å². The van der Waals surface area contributed by atoms with Gasteiger partial charge in [0.05, 0.1) is 0 Å². The molecule has 0 N–H and O–H groups in total. The summed E-state index contributed by atoms with van der Waals surface area (Å²) in [4.78, 5) is 12.2. The fraction of sp³-hybridized carbons (Fsp3) is 0.923. The zero-order chi connectivity index (χ0) is 11.7. The summed E-state index contributed by atoms with van der Waals surface area (Å²) in [5.74, 6) is 1.59. The van der Waals surface area contributed by atoms with Crippen LogP contribution in [0, 0.1) is 11.8 Å². The van der Waals surface area contributed by atoms with Crippen LogP contribution < -0.4 is 0 Å². The number of nitrogens with zero attached hydrogens (tertiary/aromatic N) is 1. The molecule has 90 valence electrons. The summed E-state index contributed by atoms with van der Waals surface area (Å²) < 4.78 is 0. The molecule has 0 aromatic rings. The third-order valence-corrected chi connectivity index (χ3v) is 3.24. The van der Waals surface area contributed by atoms with E-state index in [9.17, 15) is 4.79 Å². The molecule has 2 nitrogen and oxygen atoms in total. The van der Waals surface area contributed by atoms with Gasteiger partial charge in [-0.2, -0.15) is 0 Å². The highest BCUT2D eigenvalue weighted by molar-refractivity contribution is 5.46. The summed E-state index contributed by atoms with van der Waals surface area (Å²) in [7, 11) is 1.86. The lowest BCUT2D eigenvalue weighted by molar-refractivity contribution is -0.117. The van der Waals surface area contributed by atoms with E-state index in [2.05, 4.69) is 20.8 Å². The second kappa shape index (κ2) is 8.75. The molecule has 0 aromatic carbocycles. The van der Waals surface area contributed by atoms with Crippen LogP contribution in [0.5, 0.6) is 0 Å². The molecule has 0 rings (SSSR count). The predicted molar refractivity (Wildman–Crippen MR) is 65.8 cm³/mol. The van der Waals surface area contributed by atoms with Gasteiger partial charge in [0.2, 0.25) is 6.41 Å². The predicted octanol–water partition coefficient (Wildman–Crippen LogP) is 3.32. The molecular formula is C13H27NO. The lowest BCUT2D eigenvalue weighted by Gasteiger charge is -2.24. The highest BCUT2D eigenvalue weighted by Gasteiger charge is 2.15. The lowest BCUT2D eigenvalue weighted by Crippen LogP contribution is -2.22. The molecule has 15 heavy (non-hydrogen) atoms. The van der Waals surface area contributed by atoms with Crippen LogP contribution in [0.25, 0.3) is 0 Å². The van der Waals surface area contributed by atoms with Gasteiger partial charge in [-0.15, -0.1) is 0 Å². The standard InChI is InChI=1S/C13H27NO/c1-5-7-12(3)13(8-6-2)9-10-14(4)11-15/h11-13H,5-10H2,1-4H3. The molecule has 0 radical (unpaired) electrons. The van der Waals surface area contributed by atoms with Crippen LogP contribution in [-0.4, -0.2) is 24.9 Å². The monoisotopic (exact) mass is 213 g/mol. The second-order valence-electron chi connectivity index (χ2n) is 4.69. The molecule has 0 fully saturated rings. The van der Waals surface area contributed by atoms with E-state index in [0.717, 1.165) is 31.2 Å². The van der Waals surface area contributed by atoms with Crippen molar-refractivity contribution in [1.82, 2.24) is 4.90 Å². The highest BCUT2D eigenvalue weighted by Crippen LogP contribution is 2.25. The minimum Gasteiger partial charge on any atom is -0.348 e. The Bertz CT molecular complexity index is 159. The summed E-state index contributed by atoms with van der Waals surface area (Å²) >= 11 is 0. The zero-order valence-electron chi connectivity index (χ0n) is 10.8. The van der Waals surface area contributed by atoms with E-state index in [1.54, 1.807) is 4.90 Å². The van der Waals surface area contributed by atoms with E-state index in [-0.39, 0.29) is 0 Å². The number of hydrogen-bond acceptors (Lipinski definition) is 1. The molecule has 2 heteroatoms. The molecule has 0 bridgehead atoms. The Morgan fingerprint density at radius 1 is 1.13 bits per heavy atom. The van der Waals surface area contributed by atoms with Crippen molar-refractivity contribution in [2.75, 3.05) is 13.6 Å². The van der Waals surface area contributed by atoms with E-state index >= 15 is 0 Å². The Labute approximate surface area is 95.0 Å². The second-order valence-corrected chi connectivity index (χ2v) is 4.69. The van der Waals surface area contributed by atoms with Crippen LogP contribution in [0.4, 0.5) is 0 Å². The molecule has 0 heterocycles. The quantitative estimate of drug-likeness (QED) is 0.538. The van der Waals surface area contributed by atoms with Crippen molar-refractivity contribution >= 4 is 6.41 Å². The summed E-state index contributed by atoms with van der Waals surface area (Å²) in [5.41, 5.74) is 0. The molecule has 0 spiro atoms. The number of hydrogen-bond donors (Lipinski definition) is 0. The van der Waals surface area contributed by atoms with E-state index in [1.807, 2.05) is 7.05 Å². The molecule has 1 amide bonds. The summed E-state index contributed by atoms with van der Waals surface area (Å²) in [6, 6.07) is 0. The molecule has 2 atom stereocenters. The fourth-order valence-corrected chi connectivity index (χ4v) is 2.20. The van der Waals surface area contributed by atoms with Crippen LogP contribution in [0.1, 0.15) is 52.9 Å². The van der Waals surface area contributed by atoms with Gasteiger partial charge < -0.3 is 4.90 Å². The van der Waals surface area contributed by atoms with Gasteiger partial charge in [-0.1, -0.05) is 46.5 Å². The SMILES string of the molecule is CCCC(C)C(CCC)CCN(C)C=O. The Balaban J connectivity index is 3.96. The topological polar surface area (TPSA) is 20.3 Å². The minimum absolute atomic E-state index is 0.789. The van der Waals surface area contributed by atoms with Crippen LogP contribution in [0.2, 0.25) is 0 Å².